The van der Waals surface area contributed by atoms with Crippen molar-refractivity contribution in [3.05, 3.63) is 77.7 Å². The van der Waals surface area contributed by atoms with Crippen LogP contribution in [-0.2, 0) is 12.6 Å². The fourth-order valence-electron chi connectivity index (χ4n) is 3.54. The number of nitrogens with two attached hydrogens (primary N) is 1. The van der Waals surface area contributed by atoms with Crippen molar-refractivity contribution in [1.29, 1.82) is 0 Å². The van der Waals surface area contributed by atoms with Gasteiger partial charge < -0.3 is 16.2 Å². The second kappa shape index (κ2) is 10.3. The van der Waals surface area contributed by atoms with E-state index in [0.29, 0.717) is 23.8 Å². The number of halogens is 3. The van der Waals surface area contributed by atoms with Gasteiger partial charge in [0, 0.05) is 30.4 Å². The van der Waals surface area contributed by atoms with E-state index in [4.69, 9.17) is 5.73 Å². The van der Waals surface area contributed by atoms with E-state index < -0.39 is 17.3 Å². The van der Waals surface area contributed by atoms with Crippen LogP contribution in [-0.4, -0.2) is 33.3 Å². The summed E-state index contributed by atoms with van der Waals surface area (Å²) >= 11 is 1.42. The third-order valence-corrected chi connectivity index (χ3v) is 6.37. The summed E-state index contributed by atoms with van der Waals surface area (Å²) in [5.41, 5.74) is 6.58. The fourth-order valence-corrected chi connectivity index (χ4v) is 4.46. The third-order valence-electron chi connectivity index (χ3n) is 5.31. The molecule has 0 aliphatic heterocycles. The lowest BCUT2D eigenvalue weighted by atomic mass is 10.0. The minimum absolute atomic E-state index is 0.340. The number of hydrogen-bond acceptors (Lipinski definition) is 6. The number of pyridine rings is 1. The number of nitrogens with zero attached hydrogens (tertiary/aromatic N) is 2. The first-order valence-electron chi connectivity index (χ1n) is 11.2. The van der Waals surface area contributed by atoms with Crippen molar-refractivity contribution < 1.29 is 18.3 Å². The van der Waals surface area contributed by atoms with Gasteiger partial charge >= 0.3 is 6.18 Å². The molecule has 186 valence electrons. The van der Waals surface area contributed by atoms with Crippen LogP contribution in [0, 0.1) is 11.8 Å². The van der Waals surface area contributed by atoms with E-state index in [1.165, 1.54) is 23.5 Å². The first kappa shape index (κ1) is 25.6. The number of alkyl halides is 3. The molecule has 4 N–H and O–H groups in total. The third kappa shape index (κ3) is 6.61. The Kier molecular flexibility index (Phi) is 7.31. The molecule has 5 nitrogen and oxygen atoms in total. The summed E-state index contributed by atoms with van der Waals surface area (Å²) in [4.78, 5) is 9.62. The van der Waals surface area contributed by atoms with Gasteiger partial charge in [0.15, 0.2) is 5.13 Å². The SMILES string of the molecule is CC(C)(O)C#Cc1nc(NC[C@H](N)Cc2ccc(C(F)(F)F)cc2)sc1-c1ccc2cnccc2c1. The Morgan fingerprint density at radius 1 is 1.08 bits per heavy atom. The van der Waals surface area contributed by atoms with Crippen molar-refractivity contribution in [2.45, 2.75) is 38.1 Å². The standard InChI is InChI=1S/C27H25F3N4OS/c1-26(2,35)11-9-23-24(19-5-6-20-15-32-12-10-18(20)14-19)36-25(34-23)33-16-22(31)13-17-3-7-21(8-4-17)27(28,29)30/h3-8,10,12,14-15,22,35H,13,16,31H2,1-2H3,(H,33,34)/t22-/m1/s1. The first-order valence-corrected chi connectivity index (χ1v) is 12.1. The molecule has 0 amide bonds. The summed E-state index contributed by atoms with van der Waals surface area (Å²) in [6.45, 7) is 3.58. The lowest BCUT2D eigenvalue weighted by molar-refractivity contribution is -0.137. The van der Waals surface area contributed by atoms with Crippen LogP contribution in [0.5, 0.6) is 0 Å². The molecule has 2 heterocycles. The molecule has 9 heteroatoms. The predicted octanol–water partition coefficient (Wildman–Crippen LogP) is 5.48. The number of thiazole rings is 1. The number of aromatic nitrogens is 2. The highest BCUT2D eigenvalue weighted by Gasteiger charge is 2.30. The largest absolute Gasteiger partial charge is 0.416 e. The number of benzene rings is 2. The summed E-state index contributed by atoms with van der Waals surface area (Å²) in [5, 5.41) is 16.0. The van der Waals surface area contributed by atoms with Gasteiger partial charge in [0.05, 0.1) is 10.4 Å². The van der Waals surface area contributed by atoms with E-state index in [0.717, 1.165) is 38.9 Å². The van der Waals surface area contributed by atoms with Gasteiger partial charge in [-0.3, -0.25) is 4.98 Å². The molecular formula is C27H25F3N4OS. The number of aliphatic hydroxyl groups is 1. The normalized spacial score (nSPS) is 12.8. The molecule has 0 unspecified atom stereocenters. The fraction of sp³-hybridized carbons (Fsp3) is 0.259. The van der Waals surface area contributed by atoms with Crippen molar-refractivity contribution in [2.24, 2.45) is 5.73 Å². The average molecular weight is 511 g/mol. The van der Waals surface area contributed by atoms with Crippen LogP contribution in [0.2, 0.25) is 0 Å². The van der Waals surface area contributed by atoms with Gasteiger partial charge in [-0.2, -0.15) is 13.2 Å². The summed E-state index contributed by atoms with van der Waals surface area (Å²) in [6.07, 6.45) is -0.420. The van der Waals surface area contributed by atoms with Crippen LogP contribution in [0.25, 0.3) is 21.2 Å². The Bertz CT molecular complexity index is 1410. The van der Waals surface area contributed by atoms with Gasteiger partial charge in [0.1, 0.15) is 11.3 Å². The number of hydrogen-bond donors (Lipinski definition) is 3. The van der Waals surface area contributed by atoms with Gasteiger partial charge in [0.2, 0.25) is 0 Å². The van der Waals surface area contributed by atoms with E-state index in [1.54, 1.807) is 26.2 Å². The molecule has 0 fully saturated rings. The zero-order valence-corrected chi connectivity index (χ0v) is 20.5. The van der Waals surface area contributed by atoms with Crippen LogP contribution < -0.4 is 11.1 Å². The van der Waals surface area contributed by atoms with Gasteiger partial charge in [-0.15, -0.1) is 0 Å². The van der Waals surface area contributed by atoms with Crippen LogP contribution >= 0.6 is 11.3 Å². The Morgan fingerprint density at radius 2 is 1.83 bits per heavy atom. The molecule has 0 spiro atoms. The first-order chi connectivity index (χ1) is 17.0. The Labute approximate surface area is 211 Å². The zero-order valence-electron chi connectivity index (χ0n) is 19.7. The highest BCUT2D eigenvalue weighted by molar-refractivity contribution is 7.19. The maximum atomic E-state index is 12.8. The maximum Gasteiger partial charge on any atom is 0.416 e. The smallest absolute Gasteiger partial charge is 0.378 e. The second-order valence-corrected chi connectivity index (χ2v) is 9.98. The Hall–Kier alpha value is -3.45. The highest BCUT2D eigenvalue weighted by Crippen LogP contribution is 2.34. The average Bonchev–Trinajstić information content (AvgIpc) is 3.24. The quantitative estimate of drug-likeness (QED) is 0.299. The van der Waals surface area contributed by atoms with Gasteiger partial charge in [-0.05, 0) is 67.0 Å². The molecule has 0 saturated heterocycles. The molecule has 2 aromatic carbocycles. The van der Waals surface area contributed by atoms with Gasteiger partial charge in [-0.1, -0.05) is 41.5 Å². The van der Waals surface area contributed by atoms with E-state index >= 15 is 0 Å². The molecule has 36 heavy (non-hydrogen) atoms. The number of anilines is 1. The molecule has 0 saturated carbocycles. The van der Waals surface area contributed by atoms with Gasteiger partial charge in [-0.25, -0.2) is 4.98 Å². The molecular weight excluding hydrogens is 485 g/mol. The Morgan fingerprint density at radius 3 is 2.53 bits per heavy atom. The summed E-state index contributed by atoms with van der Waals surface area (Å²) < 4.78 is 38.3. The van der Waals surface area contributed by atoms with E-state index in [9.17, 15) is 18.3 Å². The van der Waals surface area contributed by atoms with Crippen molar-refractivity contribution in [1.82, 2.24) is 9.97 Å². The number of rotatable bonds is 6. The lowest BCUT2D eigenvalue weighted by Gasteiger charge is -2.13. The minimum atomic E-state index is -4.36. The maximum absolute atomic E-state index is 12.8. The van der Waals surface area contributed by atoms with Gasteiger partial charge in [0.25, 0.3) is 0 Å². The molecule has 4 rings (SSSR count). The summed E-state index contributed by atoms with van der Waals surface area (Å²) in [6, 6.07) is 12.6. The van der Waals surface area contributed by atoms with E-state index in [1.807, 2.05) is 24.3 Å². The van der Waals surface area contributed by atoms with Crippen molar-refractivity contribution >= 4 is 27.2 Å². The van der Waals surface area contributed by atoms with Crippen LogP contribution in [0.1, 0.15) is 30.7 Å². The molecule has 0 bridgehead atoms. The van der Waals surface area contributed by atoms with Crippen LogP contribution in [0.3, 0.4) is 0 Å². The number of fused-ring (bicyclic) bond motifs is 1. The lowest BCUT2D eigenvalue weighted by Crippen LogP contribution is -2.31. The van der Waals surface area contributed by atoms with Crippen molar-refractivity contribution in [3.63, 3.8) is 0 Å². The van der Waals surface area contributed by atoms with Crippen LogP contribution in [0.4, 0.5) is 18.3 Å². The van der Waals surface area contributed by atoms with Crippen molar-refractivity contribution in [2.75, 3.05) is 11.9 Å². The topological polar surface area (TPSA) is 84.1 Å². The second-order valence-electron chi connectivity index (χ2n) is 8.98. The van der Waals surface area contributed by atoms with Crippen LogP contribution in [0.15, 0.2) is 60.9 Å². The predicted molar refractivity (Wildman–Crippen MR) is 138 cm³/mol. The molecule has 2 aromatic heterocycles. The van der Waals surface area contributed by atoms with Crippen molar-refractivity contribution in [3.8, 4) is 22.3 Å². The number of nitrogens with one attached hydrogen (secondary N) is 1. The zero-order chi connectivity index (χ0) is 25.9. The Balaban J connectivity index is 1.52. The molecule has 0 radical (unpaired) electrons. The summed E-state index contributed by atoms with van der Waals surface area (Å²) in [7, 11) is 0. The van der Waals surface area contributed by atoms with E-state index in [-0.39, 0.29) is 6.04 Å². The molecule has 0 aliphatic carbocycles. The molecule has 0 aliphatic rings. The minimum Gasteiger partial charge on any atom is -0.378 e. The summed E-state index contributed by atoms with van der Waals surface area (Å²) in [5.74, 6) is 5.81. The monoisotopic (exact) mass is 510 g/mol. The molecule has 1 atom stereocenters. The van der Waals surface area contributed by atoms with E-state index in [2.05, 4.69) is 27.1 Å². The molecule has 4 aromatic rings. The highest BCUT2D eigenvalue weighted by atomic mass is 32.1.